The zero-order chi connectivity index (χ0) is 17.8. The highest BCUT2D eigenvalue weighted by molar-refractivity contribution is 5.94. The summed E-state index contributed by atoms with van der Waals surface area (Å²) in [5, 5.41) is 11.2. The molecule has 3 aromatic heterocycles. The highest BCUT2D eigenvalue weighted by Crippen LogP contribution is 2.09. The number of pyridine rings is 1. The molecular weight excluding hydrogens is 318 g/mol. The van der Waals surface area contributed by atoms with Crippen molar-refractivity contribution in [2.75, 3.05) is 25.5 Å². The Hall–Kier alpha value is -3.03. The lowest BCUT2D eigenvalue weighted by atomic mass is 10.2. The smallest absolute Gasteiger partial charge is 0.254 e. The zero-order valence-corrected chi connectivity index (χ0v) is 14.6. The van der Waals surface area contributed by atoms with Gasteiger partial charge < -0.3 is 10.2 Å². The van der Waals surface area contributed by atoms with Crippen LogP contribution in [-0.2, 0) is 6.42 Å². The van der Waals surface area contributed by atoms with Gasteiger partial charge in [0.25, 0.3) is 5.91 Å². The van der Waals surface area contributed by atoms with Crippen molar-refractivity contribution in [2.24, 2.45) is 0 Å². The summed E-state index contributed by atoms with van der Waals surface area (Å²) in [7, 11) is 3.73. The number of amides is 1. The van der Waals surface area contributed by atoms with Crippen LogP contribution >= 0.6 is 0 Å². The van der Waals surface area contributed by atoms with Gasteiger partial charge >= 0.3 is 0 Å². The Morgan fingerprint density at radius 3 is 2.88 bits per heavy atom. The number of carbonyl (C=O) groups excluding carboxylic acids is 1. The van der Waals surface area contributed by atoms with Crippen LogP contribution in [-0.4, -0.2) is 51.1 Å². The lowest BCUT2D eigenvalue weighted by molar-refractivity contribution is 0.0951. The van der Waals surface area contributed by atoms with Gasteiger partial charge in [0.1, 0.15) is 5.82 Å². The lowest BCUT2D eigenvalue weighted by Crippen LogP contribution is -2.26. The van der Waals surface area contributed by atoms with Gasteiger partial charge in [0.15, 0.2) is 5.65 Å². The third-order valence-electron chi connectivity index (χ3n) is 3.86. The van der Waals surface area contributed by atoms with Crippen LogP contribution in [0.2, 0.25) is 0 Å². The van der Waals surface area contributed by atoms with Gasteiger partial charge in [-0.1, -0.05) is 6.07 Å². The first-order valence-electron chi connectivity index (χ1n) is 8.14. The Labute approximate surface area is 145 Å². The zero-order valence-electron chi connectivity index (χ0n) is 14.6. The molecule has 130 valence electrons. The maximum atomic E-state index is 12.3. The van der Waals surface area contributed by atoms with Crippen LogP contribution in [0.1, 0.15) is 28.3 Å². The van der Waals surface area contributed by atoms with Crippen LogP contribution in [0.5, 0.6) is 0 Å². The lowest BCUT2D eigenvalue weighted by Gasteiger charge is -2.12. The van der Waals surface area contributed by atoms with E-state index in [9.17, 15) is 4.79 Å². The highest BCUT2D eigenvalue weighted by Gasteiger charge is 2.12. The molecule has 0 saturated carbocycles. The second-order valence-electron chi connectivity index (χ2n) is 5.97. The average Bonchev–Trinajstić information content (AvgIpc) is 3.01. The van der Waals surface area contributed by atoms with Gasteiger partial charge in [0.2, 0.25) is 5.95 Å². The summed E-state index contributed by atoms with van der Waals surface area (Å²) in [6.45, 7) is 2.36. The average molecular weight is 339 g/mol. The maximum absolute atomic E-state index is 12.3. The molecule has 25 heavy (non-hydrogen) atoms. The minimum Gasteiger partial charge on any atom is -0.352 e. The van der Waals surface area contributed by atoms with Crippen LogP contribution < -0.4 is 10.2 Å². The Morgan fingerprint density at radius 1 is 1.28 bits per heavy atom. The van der Waals surface area contributed by atoms with Crippen molar-refractivity contribution >= 4 is 17.5 Å². The van der Waals surface area contributed by atoms with E-state index in [4.69, 9.17) is 0 Å². The summed E-state index contributed by atoms with van der Waals surface area (Å²) >= 11 is 0. The maximum Gasteiger partial charge on any atom is 0.254 e. The third kappa shape index (κ3) is 3.73. The molecule has 0 aromatic carbocycles. The molecule has 0 fully saturated rings. The first kappa shape index (κ1) is 16.8. The van der Waals surface area contributed by atoms with Crippen LogP contribution in [0.25, 0.3) is 5.65 Å². The van der Waals surface area contributed by atoms with Crippen molar-refractivity contribution in [1.29, 1.82) is 0 Å². The molecule has 3 aromatic rings. The van der Waals surface area contributed by atoms with E-state index in [1.54, 1.807) is 11.1 Å². The summed E-state index contributed by atoms with van der Waals surface area (Å²) in [6.07, 6.45) is 5.02. The Bertz CT molecular complexity index is 888. The second-order valence-corrected chi connectivity index (χ2v) is 5.97. The number of nitrogens with zero attached hydrogens (tertiary/aromatic N) is 6. The SMILES string of the molecule is Cc1nc(N(C)C)ncc1C(=O)NCCCc1nnc2ccccn12. The fourth-order valence-corrected chi connectivity index (χ4v) is 2.50. The van der Waals surface area contributed by atoms with Crippen molar-refractivity contribution < 1.29 is 4.79 Å². The molecule has 3 heterocycles. The van der Waals surface area contributed by atoms with Crippen LogP contribution in [0.15, 0.2) is 30.6 Å². The number of fused-ring (bicyclic) bond motifs is 1. The molecule has 3 rings (SSSR count). The van der Waals surface area contributed by atoms with Crippen LogP contribution in [0, 0.1) is 6.92 Å². The van der Waals surface area contributed by atoms with Gasteiger partial charge in [0.05, 0.1) is 11.3 Å². The monoisotopic (exact) mass is 339 g/mol. The number of aryl methyl sites for hydroxylation is 2. The van der Waals surface area contributed by atoms with Crippen molar-refractivity contribution in [3.8, 4) is 0 Å². The number of carbonyl (C=O) groups is 1. The fraction of sp³-hybridized carbons (Fsp3) is 0.353. The molecule has 0 saturated heterocycles. The van der Waals surface area contributed by atoms with Gasteiger partial charge in [-0.3, -0.25) is 9.20 Å². The quantitative estimate of drug-likeness (QED) is 0.680. The summed E-state index contributed by atoms with van der Waals surface area (Å²) < 4.78 is 1.96. The Kier molecular flexibility index (Phi) is 4.87. The number of rotatable bonds is 6. The van der Waals surface area contributed by atoms with E-state index < -0.39 is 0 Å². The topological polar surface area (TPSA) is 88.3 Å². The summed E-state index contributed by atoms with van der Waals surface area (Å²) in [4.78, 5) is 22.6. The minimum absolute atomic E-state index is 0.158. The number of hydrogen-bond donors (Lipinski definition) is 1. The molecule has 0 aliphatic carbocycles. The first-order chi connectivity index (χ1) is 12.1. The molecule has 0 unspecified atom stereocenters. The van der Waals surface area contributed by atoms with E-state index in [2.05, 4.69) is 25.5 Å². The van der Waals surface area contributed by atoms with Crippen LogP contribution in [0.3, 0.4) is 0 Å². The van der Waals surface area contributed by atoms with E-state index >= 15 is 0 Å². The molecule has 0 bridgehead atoms. The molecule has 0 spiro atoms. The van der Waals surface area contributed by atoms with E-state index in [-0.39, 0.29) is 5.91 Å². The molecule has 0 aliphatic rings. The van der Waals surface area contributed by atoms with Gasteiger partial charge in [-0.05, 0) is 25.5 Å². The molecule has 1 N–H and O–H groups in total. The van der Waals surface area contributed by atoms with E-state index in [0.717, 1.165) is 24.3 Å². The van der Waals surface area contributed by atoms with E-state index in [0.29, 0.717) is 23.8 Å². The third-order valence-corrected chi connectivity index (χ3v) is 3.86. The largest absolute Gasteiger partial charge is 0.352 e. The van der Waals surface area contributed by atoms with E-state index in [1.807, 2.05) is 49.8 Å². The van der Waals surface area contributed by atoms with Gasteiger partial charge in [-0.25, -0.2) is 9.97 Å². The second kappa shape index (κ2) is 7.25. The molecule has 1 amide bonds. The van der Waals surface area contributed by atoms with Crippen LogP contribution in [0.4, 0.5) is 5.95 Å². The molecular formula is C17H21N7O. The van der Waals surface area contributed by atoms with Crippen molar-refractivity contribution in [3.63, 3.8) is 0 Å². The number of aromatic nitrogens is 5. The van der Waals surface area contributed by atoms with Crippen molar-refractivity contribution in [1.82, 2.24) is 29.9 Å². The molecule has 8 nitrogen and oxygen atoms in total. The summed E-state index contributed by atoms with van der Waals surface area (Å²) in [5.41, 5.74) is 1.99. The minimum atomic E-state index is -0.158. The van der Waals surface area contributed by atoms with E-state index in [1.165, 1.54) is 0 Å². The fourth-order valence-electron chi connectivity index (χ4n) is 2.50. The van der Waals surface area contributed by atoms with Crippen molar-refractivity contribution in [2.45, 2.75) is 19.8 Å². The summed E-state index contributed by atoms with van der Waals surface area (Å²) in [5.74, 6) is 1.32. The molecule has 0 aliphatic heterocycles. The Balaban J connectivity index is 1.54. The number of nitrogens with one attached hydrogen (secondary N) is 1. The molecule has 0 radical (unpaired) electrons. The van der Waals surface area contributed by atoms with Gasteiger partial charge in [0, 0.05) is 39.5 Å². The van der Waals surface area contributed by atoms with Crippen molar-refractivity contribution in [3.05, 3.63) is 47.7 Å². The normalized spacial score (nSPS) is 10.8. The first-order valence-corrected chi connectivity index (χ1v) is 8.14. The highest BCUT2D eigenvalue weighted by atomic mass is 16.1. The predicted octanol–water partition coefficient (Wildman–Crippen LogP) is 1.26. The standard InChI is InChI=1S/C17H21N7O/c1-12-13(11-19-17(20-12)23(2)3)16(25)18-9-6-8-15-22-21-14-7-4-5-10-24(14)15/h4-5,7,10-11H,6,8-9H2,1-3H3,(H,18,25). The number of anilines is 1. The predicted molar refractivity (Wildman–Crippen MR) is 94.7 cm³/mol. The number of hydrogen-bond acceptors (Lipinski definition) is 6. The summed E-state index contributed by atoms with van der Waals surface area (Å²) in [6, 6.07) is 5.79. The van der Waals surface area contributed by atoms with Gasteiger partial charge in [-0.15, -0.1) is 10.2 Å². The molecule has 0 atom stereocenters. The molecule has 8 heteroatoms. The van der Waals surface area contributed by atoms with Gasteiger partial charge in [-0.2, -0.15) is 0 Å². The Morgan fingerprint density at radius 2 is 2.12 bits per heavy atom.